The quantitative estimate of drug-likeness (QED) is 0.697. The molecule has 15 heavy (non-hydrogen) atoms. The first-order chi connectivity index (χ1) is 6.90. The lowest BCUT2D eigenvalue weighted by Crippen LogP contribution is -2.40. The van der Waals surface area contributed by atoms with Crippen LogP contribution in [0, 0.1) is 11.3 Å². The molecule has 1 aliphatic rings. The first kappa shape index (κ1) is 12.3. The van der Waals surface area contributed by atoms with Crippen molar-refractivity contribution in [1.29, 1.82) is 0 Å². The maximum atomic E-state index is 11.4. The fourth-order valence-electron chi connectivity index (χ4n) is 2.41. The molecule has 0 aromatic carbocycles. The van der Waals surface area contributed by atoms with Gasteiger partial charge in [-0.15, -0.1) is 0 Å². The van der Waals surface area contributed by atoms with E-state index in [-0.39, 0.29) is 11.9 Å². The first-order valence-electron chi connectivity index (χ1n) is 5.85. The Morgan fingerprint density at radius 1 is 1.53 bits per heavy atom. The second-order valence-corrected chi connectivity index (χ2v) is 5.33. The fourth-order valence-corrected chi connectivity index (χ4v) is 2.41. The third-order valence-electron chi connectivity index (χ3n) is 3.87. The molecule has 1 heterocycles. The third kappa shape index (κ3) is 2.42. The van der Waals surface area contributed by atoms with E-state index in [9.17, 15) is 4.79 Å². The van der Waals surface area contributed by atoms with Crippen molar-refractivity contribution < 1.29 is 4.79 Å². The highest BCUT2D eigenvalue weighted by molar-refractivity contribution is 5.90. The highest BCUT2D eigenvalue weighted by Crippen LogP contribution is 2.37. The van der Waals surface area contributed by atoms with Gasteiger partial charge in [-0.3, -0.25) is 4.79 Å². The van der Waals surface area contributed by atoms with Crippen LogP contribution in [0.15, 0.2) is 12.2 Å². The van der Waals surface area contributed by atoms with Crippen LogP contribution in [-0.4, -0.2) is 23.9 Å². The standard InChI is InChI=1S/C13H23NO/c1-6-9-13(3,4)10(2)11-7-8-12(15)14(11)5/h7-8,10-11H,6,9H2,1-5H3. The van der Waals surface area contributed by atoms with Crippen molar-refractivity contribution >= 4 is 5.91 Å². The Labute approximate surface area is 93.3 Å². The van der Waals surface area contributed by atoms with Crippen molar-refractivity contribution in [1.82, 2.24) is 4.90 Å². The summed E-state index contributed by atoms with van der Waals surface area (Å²) in [6.45, 7) is 9.06. The van der Waals surface area contributed by atoms with Crippen LogP contribution in [0.1, 0.15) is 40.5 Å². The molecule has 86 valence electrons. The van der Waals surface area contributed by atoms with E-state index < -0.39 is 0 Å². The normalized spacial score (nSPS) is 23.7. The summed E-state index contributed by atoms with van der Waals surface area (Å²) in [5.74, 6) is 0.643. The molecule has 1 amide bonds. The minimum absolute atomic E-state index is 0.138. The second-order valence-electron chi connectivity index (χ2n) is 5.33. The molecule has 0 fully saturated rings. The number of hydrogen-bond donors (Lipinski definition) is 0. The number of rotatable bonds is 4. The summed E-state index contributed by atoms with van der Waals surface area (Å²) < 4.78 is 0. The van der Waals surface area contributed by atoms with Crippen molar-refractivity contribution in [3.8, 4) is 0 Å². The predicted octanol–water partition coefficient (Wildman–Crippen LogP) is 2.85. The number of hydrogen-bond acceptors (Lipinski definition) is 1. The molecule has 0 aliphatic carbocycles. The molecular formula is C13H23NO. The van der Waals surface area contributed by atoms with E-state index in [0.717, 1.165) is 0 Å². The molecule has 0 N–H and O–H groups in total. The summed E-state index contributed by atoms with van der Waals surface area (Å²) in [7, 11) is 1.89. The molecule has 2 unspecified atom stereocenters. The predicted molar refractivity (Wildman–Crippen MR) is 63.6 cm³/mol. The summed E-state index contributed by atoms with van der Waals surface area (Å²) in [4.78, 5) is 13.3. The second kappa shape index (κ2) is 4.38. The molecule has 2 atom stereocenters. The zero-order valence-electron chi connectivity index (χ0n) is 10.6. The molecule has 0 saturated heterocycles. The molecule has 2 nitrogen and oxygen atoms in total. The van der Waals surface area contributed by atoms with Gasteiger partial charge >= 0.3 is 0 Å². The van der Waals surface area contributed by atoms with E-state index in [0.29, 0.717) is 11.3 Å². The molecule has 0 bridgehead atoms. The number of nitrogens with zero attached hydrogens (tertiary/aromatic N) is 1. The van der Waals surface area contributed by atoms with Gasteiger partial charge in [-0.2, -0.15) is 0 Å². The Balaban J connectivity index is 2.72. The van der Waals surface area contributed by atoms with Gasteiger partial charge in [0.25, 0.3) is 0 Å². The molecule has 0 aromatic rings. The summed E-state index contributed by atoms with van der Waals surface area (Å²) in [6, 6.07) is 0.277. The molecule has 2 heteroatoms. The minimum atomic E-state index is 0.138. The molecular weight excluding hydrogens is 186 g/mol. The molecule has 0 radical (unpaired) electrons. The van der Waals surface area contributed by atoms with Crippen LogP contribution >= 0.6 is 0 Å². The maximum Gasteiger partial charge on any atom is 0.246 e. The Kier molecular flexibility index (Phi) is 3.58. The summed E-state index contributed by atoms with van der Waals surface area (Å²) in [5, 5.41) is 0. The number of likely N-dealkylation sites (N-methyl/N-ethyl adjacent to an activating group) is 1. The Morgan fingerprint density at radius 3 is 2.53 bits per heavy atom. The molecule has 1 rings (SSSR count). The summed E-state index contributed by atoms with van der Waals surface area (Å²) >= 11 is 0. The lowest BCUT2D eigenvalue weighted by molar-refractivity contribution is -0.125. The number of carbonyl (C=O) groups is 1. The largest absolute Gasteiger partial charge is 0.335 e. The van der Waals surface area contributed by atoms with E-state index in [4.69, 9.17) is 0 Å². The topological polar surface area (TPSA) is 20.3 Å². The van der Waals surface area contributed by atoms with Crippen LogP contribution in [0.5, 0.6) is 0 Å². The lowest BCUT2D eigenvalue weighted by Gasteiger charge is -2.38. The Bertz CT molecular complexity index is 268. The van der Waals surface area contributed by atoms with Crippen molar-refractivity contribution in [2.24, 2.45) is 11.3 Å². The monoisotopic (exact) mass is 209 g/mol. The lowest BCUT2D eigenvalue weighted by atomic mass is 9.73. The third-order valence-corrected chi connectivity index (χ3v) is 3.87. The van der Waals surface area contributed by atoms with Crippen molar-refractivity contribution in [2.75, 3.05) is 7.05 Å². The van der Waals surface area contributed by atoms with E-state index in [1.807, 2.05) is 18.0 Å². The van der Waals surface area contributed by atoms with E-state index in [2.05, 4.69) is 27.7 Å². The van der Waals surface area contributed by atoms with Crippen molar-refractivity contribution in [3.05, 3.63) is 12.2 Å². The average Bonchev–Trinajstić information content (AvgIpc) is 2.46. The molecule has 0 saturated carbocycles. The van der Waals surface area contributed by atoms with Gasteiger partial charge in [-0.05, 0) is 17.8 Å². The van der Waals surface area contributed by atoms with Gasteiger partial charge in [0.15, 0.2) is 0 Å². The van der Waals surface area contributed by atoms with Crippen LogP contribution in [0.3, 0.4) is 0 Å². The van der Waals surface area contributed by atoms with Crippen LogP contribution < -0.4 is 0 Å². The van der Waals surface area contributed by atoms with Gasteiger partial charge in [-0.1, -0.05) is 40.2 Å². The first-order valence-corrected chi connectivity index (χ1v) is 5.85. The number of carbonyl (C=O) groups excluding carboxylic acids is 1. The van der Waals surface area contributed by atoms with Crippen LogP contribution in [0.25, 0.3) is 0 Å². The van der Waals surface area contributed by atoms with Crippen molar-refractivity contribution in [2.45, 2.75) is 46.6 Å². The Morgan fingerprint density at radius 2 is 2.13 bits per heavy atom. The summed E-state index contributed by atoms with van der Waals surface area (Å²) in [6.07, 6.45) is 6.15. The SMILES string of the molecule is CCCC(C)(C)C(C)C1C=CC(=O)N1C. The molecule has 1 aliphatic heterocycles. The van der Waals surface area contributed by atoms with Gasteiger partial charge < -0.3 is 4.90 Å². The smallest absolute Gasteiger partial charge is 0.246 e. The van der Waals surface area contributed by atoms with Gasteiger partial charge in [0.05, 0.1) is 6.04 Å². The van der Waals surface area contributed by atoms with Crippen molar-refractivity contribution in [3.63, 3.8) is 0 Å². The average molecular weight is 209 g/mol. The summed E-state index contributed by atoms with van der Waals surface area (Å²) in [5.41, 5.74) is 0.294. The van der Waals surface area contributed by atoms with Gasteiger partial charge in [0, 0.05) is 13.1 Å². The fraction of sp³-hybridized carbons (Fsp3) is 0.769. The zero-order valence-corrected chi connectivity index (χ0v) is 10.6. The molecule has 0 spiro atoms. The Hall–Kier alpha value is -0.790. The zero-order chi connectivity index (χ0) is 11.6. The molecule has 0 aromatic heterocycles. The van der Waals surface area contributed by atoms with E-state index in [1.54, 1.807) is 6.08 Å². The van der Waals surface area contributed by atoms with Crippen LogP contribution in [-0.2, 0) is 4.79 Å². The highest BCUT2D eigenvalue weighted by Gasteiger charge is 2.35. The van der Waals surface area contributed by atoms with Crippen LogP contribution in [0.2, 0.25) is 0 Å². The van der Waals surface area contributed by atoms with E-state index in [1.165, 1.54) is 12.8 Å². The van der Waals surface area contributed by atoms with Gasteiger partial charge in [0.2, 0.25) is 5.91 Å². The van der Waals surface area contributed by atoms with Gasteiger partial charge in [0.1, 0.15) is 0 Å². The maximum absolute atomic E-state index is 11.4. The van der Waals surface area contributed by atoms with Crippen LogP contribution in [0.4, 0.5) is 0 Å². The highest BCUT2D eigenvalue weighted by atomic mass is 16.2. The van der Waals surface area contributed by atoms with Gasteiger partial charge in [-0.25, -0.2) is 0 Å². The van der Waals surface area contributed by atoms with E-state index >= 15 is 0 Å². The number of amides is 1. The minimum Gasteiger partial charge on any atom is -0.335 e.